The third-order valence-corrected chi connectivity index (χ3v) is 4.25. The zero-order valence-electron chi connectivity index (χ0n) is 13.8. The van der Waals surface area contributed by atoms with Crippen molar-refractivity contribution in [1.82, 2.24) is 15.5 Å². The van der Waals surface area contributed by atoms with Crippen molar-refractivity contribution in [3.05, 3.63) is 34.9 Å². The van der Waals surface area contributed by atoms with Crippen LogP contribution in [0.2, 0.25) is 5.02 Å². The number of hydrogen-bond acceptors (Lipinski definition) is 6. The molecule has 2 N–H and O–H groups in total. The van der Waals surface area contributed by atoms with Gasteiger partial charge in [0.05, 0.1) is 12.7 Å². The summed E-state index contributed by atoms with van der Waals surface area (Å²) < 4.78 is 5.76. The monoisotopic (exact) mass is 347 g/mol. The Hall–Kier alpha value is -1.67. The van der Waals surface area contributed by atoms with E-state index >= 15 is 0 Å². The van der Waals surface area contributed by atoms with E-state index in [1.165, 1.54) is 5.56 Å². The van der Waals surface area contributed by atoms with Crippen molar-refractivity contribution in [3.63, 3.8) is 0 Å². The van der Waals surface area contributed by atoms with Gasteiger partial charge in [0.2, 0.25) is 5.54 Å². The number of benzene rings is 1. The van der Waals surface area contributed by atoms with Crippen LogP contribution < -0.4 is 10.6 Å². The lowest BCUT2D eigenvalue weighted by molar-refractivity contribution is -0.0312. The molecule has 1 aromatic rings. The predicted molar refractivity (Wildman–Crippen MR) is 92.4 cm³/mol. The number of ether oxygens (including phenoxy) is 1. The Bertz CT molecular complexity index is 593. The lowest BCUT2D eigenvalue weighted by atomic mass is 10.0. The number of nitriles is 2. The molecule has 0 spiro atoms. The Morgan fingerprint density at radius 3 is 2.67 bits per heavy atom. The summed E-state index contributed by atoms with van der Waals surface area (Å²) in [6.07, 6.45) is -0.0519. The maximum Gasteiger partial charge on any atom is 0.206 e. The second-order valence-electron chi connectivity index (χ2n) is 5.89. The Morgan fingerprint density at radius 2 is 2.04 bits per heavy atom. The van der Waals surface area contributed by atoms with E-state index in [4.69, 9.17) is 16.3 Å². The number of likely N-dealkylation sites (N-methyl/N-ethyl adjacent to an activating group) is 1. The third kappa shape index (κ3) is 5.17. The molecule has 1 aliphatic rings. The molecule has 1 aromatic carbocycles. The van der Waals surface area contributed by atoms with Gasteiger partial charge >= 0.3 is 0 Å². The average molecular weight is 348 g/mol. The molecule has 0 aliphatic carbocycles. The van der Waals surface area contributed by atoms with Gasteiger partial charge in [-0.1, -0.05) is 23.7 Å². The van der Waals surface area contributed by atoms with Crippen molar-refractivity contribution in [3.8, 4) is 12.1 Å². The molecule has 1 fully saturated rings. The van der Waals surface area contributed by atoms with Crippen molar-refractivity contribution in [1.29, 1.82) is 10.5 Å². The summed E-state index contributed by atoms with van der Waals surface area (Å²) in [6, 6.07) is 11.9. The summed E-state index contributed by atoms with van der Waals surface area (Å²) in [7, 11) is 1.72. The molecule has 1 aliphatic heterocycles. The second kappa shape index (κ2) is 8.98. The van der Waals surface area contributed by atoms with Gasteiger partial charge in [-0.3, -0.25) is 10.2 Å². The highest BCUT2D eigenvalue weighted by Crippen LogP contribution is 2.14. The van der Waals surface area contributed by atoms with Gasteiger partial charge in [0.1, 0.15) is 12.1 Å². The van der Waals surface area contributed by atoms with Crippen LogP contribution in [-0.2, 0) is 11.3 Å². The van der Waals surface area contributed by atoms with E-state index in [1.807, 2.05) is 36.4 Å². The summed E-state index contributed by atoms with van der Waals surface area (Å²) >= 11 is 5.92. The fourth-order valence-electron chi connectivity index (χ4n) is 2.69. The van der Waals surface area contributed by atoms with E-state index in [0.717, 1.165) is 24.7 Å². The Morgan fingerprint density at radius 1 is 1.33 bits per heavy atom. The first-order valence-electron chi connectivity index (χ1n) is 7.91. The second-order valence-corrected chi connectivity index (χ2v) is 6.33. The minimum atomic E-state index is -1.23. The molecule has 7 heteroatoms. The van der Waals surface area contributed by atoms with Crippen molar-refractivity contribution in [2.75, 3.05) is 39.8 Å². The van der Waals surface area contributed by atoms with Crippen LogP contribution in [0.4, 0.5) is 0 Å². The summed E-state index contributed by atoms with van der Waals surface area (Å²) in [5.41, 5.74) is -0.0251. The van der Waals surface area contributed by atoms with Crippen LogP contribution in [0.3, 0.4) is 0 Å². The zero-order chi connectivity index (χ0) is 17.4. The van der Waals surface area contributed by atoms with E-state index < -0.39 is 5.54 Å². The van der Waals surface area contributed by atoms with E-state index in [0.29, 0.717) is 13.2 Å². The molecule has 128 valence electrons. The molecule has 0 saturated carbocycles. The van der Waals surface area contributed by atoms with Gasteiger partial charge in [-0.15, -0.1) is 0 Å². The Labute approximate surface area is 148 Å². The maximum atomic E-state index is 9.27. The van der Waals surface area contributed by atoms with Gasteiger partial charge < -0.3 is 10.1 Å². The average Bonchev–Trinajstić information content (AvgIpc) is 2.61. The number of nitrogens with one attached hydrogen (secondary N) is 2. The molecule has 2 rings (SSSR count). The Kier molecular flexibility index (Phi) is 6.99. The van der Waals surface area contributed by atoms with E-state index in [1.54, 1.807) is 7.05 Å². The van der Waals surface area contributed by atoms with Crippen molar-refractivity contribution in [2.45, 2.75) is 18.2 Å². The van der Waals surface area contributed by atoms with Gasteiger partial charge in [0.15, 0.2) is 0 Å². The lowest BCUT2D eigenvalue weighted by Crippen LogP contribution is -2.55. The van der Waals surface area contributed by atoms with Crippen molar-refractivity contribution in [2.24, 2.45) is 0 Å². The van der Waals surface area contributed by atoms with Crippen LogP contribution >= 0.6 is 11.6 Å². The number of morpholine rings is 1. The summed E-state index contributed by atoms with van der Waals surface area (Å²) in [5, 5.41) is 25.2. The number of rotatable bonds is 7. The van der Waals surface area contributed by atoms with Crippen LogP contribution in [0, 0.1) is 22.7 Å². The standard InChI is InChI=1S/C17H22ClN5O/c1-21-13-17(11-19,12-20)22-8-16-10-23(6-7-24-16)9-14-2-4-15(18)5-3-14/h2-5,16,21-22H,6-10,13H2,1H3. The largest absolute Gasteiger partial charge is 0.374 e. The van der Waals surface area contributed by atoms with Crippen molar-refractivity contribution < 1.29 is 4.74 Å². The molecule has 1 unspecified atom stereocenters. The first-order chi connectivity index (χ1) is 11.6. The highest BCUT2D eigenvalue weighted by molar-refractivity contribution is 6.30. The number of halogens is 1. The fourth-order valence-corrected chi connectivity index (χ4v) is 2.82. The minimum absolute atomic E-state index is 0.0519. The van der Waals surface area contributed by atoms with Crippen LogP contribution in [-0.4, -0.2) is 56.4 Å². The van der Waals surface area contributed by atoms with E-state index in [9.17, 15) is 10.5 Å². The number of nitrogens with zero attached hydrogens (tertiary/aromatic N) is 3. The Balaban J connectivity index is 1.88. The number of hydrogen-bond donors (Lipinski definition) is 2. The predicted octanol–water partition coefficient (Wildman–Crippen LogP) is 1.14. The summed E-state index contributed by atoms with van der Waals surface area (Å²) in [5.74, 6) is 0. The lowest BCUT2D eigenvalue weighted by Gasteiger charge is -2.34. The molecular weight excluding hydrogens is 326 g/mol. The molecule has 24 heavy (non-hydrogen) atoms. The first-order valence-corrected chi connectivity index (χ1v) is 8.29. The van der Waals surface area contributed by atoms with Gasteiger partial charge in [-0.2, -0.15) is 10.5 Å². The van der Waals surface area contributed by atoms with E-state index in [-0.39, 0.29) is 12.6 Å². The smallest absolute Gasteiger partial charge is 0.206 e. The molecule has 1 saturated heterocycles. The summed E-state index contributed by atoms with van der Waals surface area (Å²) in [4.78, 5) is 2.30. The molecule has 0 aromatic heterocycles. The molecule has 0 radical (unpaired) electrons. The fraction of sp³-hybridized carbons (Fsp3) is 0.529. The SMILES string of the molecule is CNCC(C#N)(C#N)NCC1CN(Cc2ccc(Cl)cc2)CCO1. The minimum Gasteiger partial charge on any atom is -0.374 e. The molecule has 0 amide bonds. The topological polar surface area (TPSA) is 84.1 Å². The maximum absolute atomic E-state index is 9.27. The van der Waals surface area contributed by atoms with Gasteiger partial charge in [0.25, 0.3) is 0 Å². The normalized spacial score (nSPS) is 18.8. The van der Waals surface area contributed by atoms with Gasteiger partial charge in [-0.05, 0) is 24.7 Å². The molecule has 0 bridgehead atoms. The van der Waals surface area contributed by atoms with Gasteiger partial charge in [-0.25, -0.2) is 0 Å². The molecule has 6 nitrogen and oxygen atoms in total. The van der Waals surface area contributed by atoms with Crippen LogP contribution in [0.15, 0.2) is 24.3 Å². The molecule has 1 heterocycles. The summed E-state index contributed by atoms with van der Waals surface area (Å²) in [6.45, 7) is 3.80. The highest BCUT2D eigenvalue weighted by Gasteiger charge is 2.31. The zero-order valence-corrected chi connectivity index (χ0v) is 14.5. The quantitative estimate of drug-likeness (QED) is 0.769. The first kappa shape index (κ1) is 18.7. The van der Waals surface area contributed by atoms with Crippen LogP contribution in [0.1, 0.15) is 5.56 Å². The van der Waals surface area contributed by atoms with Crippen molar-refractivity contribution >= 4 is 11.6 Å². The molecular formula is C17H22ClN5O. The van der Waals surface area contributed by atoms with Gasteiger partial charge in [0, 0.05) is 37.7 Å². The third-order valence-electron chi connectivity index (χ3n) is 4.00. The van der Waals surface area contributed by atoms with Crippen LogP contribution in [0.5, 0.6) is 0 Å². The highest BCUT2D eigenvalue weighted by atomic mass is 35.5. The molecule has 1 atom stereocenters. The van der Waals surface area contributed by atoms with Crippen LogP contribution in [0.25, 0.3) is 0 Å². The van der Waals surface area contributed by atoms with E-state index in [2.05, 4.69) is 15.5 Å².